The lowest BCUT2D eigenvalue weighted by molar-refractivity contribution is -0.385. The maximum absolute atomic E-state index is 12.5. The van der Waals surface area contributed by atoms with Gasteiger partial charge in [0.15, 0.2) is 0 Å². The number of hydrogen-bond acceptors (Lipinski definition) is 5. The highest BCUT2D eigenvalue weighted by Crippen LogP contribution is 2.25. The maximum atomic E-state index is 12.5. The molecule has 1 fully saturated rings. The Hall–Kier alpha value is -2.67. The standard InChI is InChI=1S/C19H20ClN3O4/c1-12-16(3-2-4-17(12)23(25)26)19(24)22-14-6-8-15(9-7-14)27-18-10-5-13(20)11-21-18/h2-5,10-11,14-15H,6-9H2,1H3,(H,22,24). The smallest absolute Gasteiger partial charge is 0.273 e. The van der Waals surface area contributed by atoms with Gasteiger partial charge in [0.1, 0.15) is 6.10 Å². The Labute approximate surface area is 161 Å². The zero-order valence-corrected chi connectivity index (χ0v) is 15.6. The van der Waals surface area contributed by atoms with Crippen LogP contribution in [-0.2, 0) is 0 Å². The van der Waals surface area contributed by atoms with Crippen molar-refractivity contribution in [2.24, 2.45) is 0 Å². The molecule has 7 nitrogen and oxygen atoms in total. The molecule has 3 rings (SSSR count). The van der Waals surface area contributed by atoms with Crippen LogP contribution in [0.3, 0.4) is 0 Å². The van der Waals surface area contributed by atoms with E-state index in [0.717, 1.165) is 25.7 Å². The molecule has 1 aliphatic rings. The van der Waals surface area contributed by atoms with E-state index in [1.807, 2.05) is 0 Å². The molecule has 0 atom stereocenters. The van der Waals surface area contributed by atoms with Crippen molar-refractivity contribution < 1.29 is 14.5 Å². The van der Waals surface area contributed by atoms with E-state index in [1.165, 1.54) is 12.1 Å². The molecule has 0 bridgehead atoms. The second-order valence-electron chi connectivity index (χ2n) is 6.59. The van der Waals surface area contributed by atoms with Crippen LogP contribution in [0.25, 0.3) is 0 Å². The number of hydrogen-bond donors (Lipinski definition) is 1. The van der Waals surface area contributed by atoms with Crippen LogP contribution in [0.15, 0.2) is 36.5 Å². The van der Waals surface area contributed by atoms with Crippen LogP contribution < -0.4 is 10.1 Å². The summed E-state index contributed by atoms with van der Waals surface area (Å²) in [7, 11) is 0. The van der Waals surface area contributed by atoms with Gasteiger partial charge in [0.05, 0.1) is 9.95 Å². The predicted octanol–water partition coefficient (Wildman–Crippen LogP) is 4.07. The van der Waals surface area contributed by atoms with E-state index in [0.29, 0.717) is 22.0 Å². The second-order valence-corrected chi connectivity index (χ2v) is 7.02. The molecule has 142 valence electrons. The largest absolute Gasteiger partial charge is 0.474 e. The summed E-state index contributed by atoms with van der Waals surface area (Å²) in [5, 5.41) is 14.6. The lowest BCUT2D eigenvalue weighted by atomic mass is 9.92. The molecule has 0 unspecified atom stereocenters. The number of rotatable bonds is 5. The number of benzene rings is 1. The minimum Gasteiger partial charge on any atom is -0.474 e. The number of nitrogens with zero attached hydrogens (tertiary/aromatic N) is 2. The first-order valence-corrected chi connectivity index (χ1v) is 9.15. The summed E-state index contributed by atoms with van der Waals surface area (Å²) in [4.78, 5) is 27.2. The minimum atomic E-state index is -0.473. The highest BCUT2D eigenvalue weighted by molar-refractivity contribution is 6.30. The molecule has 0 spiro atoms. The van der Waals surface area contributed by atoms with Crippen molar-refractivity contribution in [2.75, 3.05) is 0 Å². The number of carbonyl (C=O) groups is 1. The Balaban J connectivity index is 1.54. The zero-order valence-electron chi connectivity index (χ0n) is 14.9. The van der Waals surface area contributed by atoms with Crippen LogP contribution in [0.4, 0.5) is 5.69 Å². The quantitative estimate of drug-likeness (QED) is 0.614. The highest BCUT2D eigenvalue weighted by atomic mass is 35.5. The molecule has 1 saturated carbocycles. The van der Waals surface area contributed by atoms with Crippen LogP contribution in [0.2, 0.25) is 5.02 Å². The lowest BCUT2D eigenvalue weighted by Gasteiger charge is -2.29. The molecular weight excluding hydrogens is 370 g/mol. The Morgan fingerprint density at radius 3 is 2.63 bits per heavy atom. The summed E-state index contributed by atoms with van der Waals surface area (Å²) in [5.74, 6) is 0.263. The molecule has 1 heterocycles. The number of nitro benzene ring substituents is 1. The van der Waals surface area contributed by atoms with E-state index in [4.69, 9.17) is 16.3 Å². The molecular formula is C19H20ClN3O4. The van der Waals surface area contributed by atoms with E-state index in [-0.39, 0.29) is 23.7 Å². The van der Waals surface area contributed by atoms with E-state index >= 15 is 0 Å². The van der Waals surface area contributed by atoms with Gasteiger partial charge in [0, 0.05) is 35.5 Å². The molecule has 27 heavy (non-hydrogen) atoms. The zero-order chi connectivity index (χ0) is 19.4. The lowest BCUT2D eigenvalue weighted by Crippen LogP contribution is -2.40. The van der Waals surface area contributed by atoms with Crippen molar-refractivity contribution in [3.63, 3.8) is 0 Å². The SMILES string of the molecule is Cc1c(C(=O)NC2CCC(Oc3ccc(Cl)cn3)CC2)cccc1[N+](=O)[O-]. The number of aromatic nitrogens is 1. The number of pyridine rings is 1. The summed E-state index contributed by atoms with van der Waals surface area (Å²) in [6, 6.07) is 8.04. The fraction of sp³-hybridized carbons (Fsp3) is 0.368. The summed E-state index contributed by atoms with van der Waals surface area (Å²) in [6.45, 7) is 1.59. The van der Waals surface area contributed by atoms with E-state index in [1.54, 1.807) is 31.3 Å². The van der Waals surface area contributed by atoms with Gasteiger partial charge in [0.25, 0.3) is 11.6 Å². The molecule has 1 amide bonds. The molecule has 8 heteroatoms. The first-order chi connectivity index (χ1) is 12.9. The summed E-state index contributed by atoms with van der Waals surface area (Å²) >= 11 is 5.82. The van der Waals surface area contributed by atoms with Gasteiger partial charge >= 0.3 is 0 Å². The topological polar surface area (TPSA) is 94.4 Å². The van der Waals surface area contributed by atoms with Crippen LogP contribution in [-0.4, -0.2) is 28.0 Å². The van der Waals surface area contributed by atoms with Gasteiger partial charge in [-0.2, -0.15) is 0 Å². The van der Waals surface area contributed by atoms with E-state index < -0.39 is 4.92 Å². The predicted molar refractivity (Wildman–Crippen MR) is 101 cm³/mol. The molecule has 0 saturated heterocycles. The first-order valence-electron chi connectivity index (χ1n) is 8.77. The van der Waals surface area contributed by atoms with Gasteiger partial charge in [-0.05, 0) is 44.7 Å². The van der Waals surface area contributed by atoms with Crippen LogP contribution in [0, 0.1) is 17.0 Å². The fourth-order valence-electron chi connectivity index (χ4n) is 3.26. The third-order valence-corrected chi connectivity index (χ3v) is 4.97. The summed E-state index contributed by atoms with van der Waals surface area (Å²) in [5.41, 5.74) is 0.675. The molecule has 1 aromatic carbocycles. The Bertz CT molecular complexity index is 833. The van der Waals surface area contributed by atoms with Gasteiger partial charge in [-0.25, -0.2) is 4.98 Å². The first kappa shape index (κ1) is 19.1. The van der Waals surface area contributed by atoms with E-state index in [9.17, 15) is 14.9 Å². The number of nitrogens with one attached hydrogen (secondary N) is 1. The average Bonchev–Trinajstić information content (AvgIpc) is 2.65. The minimum absolute atomic E-state index is 0.0224. The molecule has 2 aromatic rings. The number of amides is 1. The van der Waals surface area contributed by atoms with Crippen molar-refractivity contribution >= 4 is 23.2 Å². The molecule has 1 aromatic heterocycles. The van der Waals surface area contributed by atoms with Crippen molar-refractivity contribution in [3.8, 4) is 5.88 Å². The normalized spacial score (nSPS) is 19.3. The Kier molecular flexibility index (Phi) is 5.91. The van der Waals surface area contributed by atoms with Crippen molar-refractivity contribution in [3.05, 3.63) is 62.8 Å². The molecule has 0 radical (unpaired) electrons. The van der Waals surface area contributed by atoms with Gasteiger partial charge in [-0.3, -0.25) is 14.9 Å². The van der Waals surface area contributed by atoms with Crippen molar-refractivity contribution in [1.82, 2.24) is 10.3 Å². The summed E-state index contributed by atoms with van der Waals surface area (Å²) < 4.78 is 5.85. The third kappa shape index (κ3) is 4.74. The van der Waals surface area contributed by atoms with Crippen molar-refractivity contribution in [1.29, 1.82) is 0 Å². The Morgan fingerprint density at radius 1 is 1.26 bits per heavy atom. The third-order valence-electron chi connectivity index (χ3n) is 4.74. The Morgan fingerprint density at radius 2 is 2.00 bits per heavy atom. The van der Waals surface area contributed by atoms with Gasteiger partial charge in [-0.1, -0.05) is 17.7 Å². The number of carbonyl (C=O) groups excluding carboxylic acids is 1. The van der Waals surface area contributed by atoms with Gasteiger partial charge < -0.3 is 10.1 Å². The maximum Gasteiger partial charge on any atom is 0.273 e. The molecule has 1 N–H and O–H groups in total. The fourth-order valence-corrected chi connectivity index (χ4v) is 3.37. The number of halogens is 1. The average molecular weight is 390 g/mol. The van der Waals surface area contributed by atoms with E-state index in [2.05, 4.69) is 10.3 Å². The van der Waals surface area contributed by atoms with Gasteiger partial charge in [-0.15, -0.1) is 0 Å². The molecule has 1 aliphatic carbocycles. The van der Waals surface area contributed by atoms with Crippen molar-refractivity contribution in [2.45, 2.75) is 44.8 Å². The summed E-state index contributed by atoms with van der Waals surface area (Å²) in [6.07, 6.45) is 4.73. The van der Waals surface area contributed by atoms with Crippen LogP contribution >= 0.6 is 11.6 Å². The van der Waals surface area contributed by atoms with Gasteiger partial charge in [0.2, 0.25) is 5.88 Å². The van der Waals surface area contributed by atoms with Crippen LogP contribution in [0.1, 0.15) is 41.6 Å². The number of nitro groups is 1. The molecule has 0 aliphatic heterocycles. The highest BCUT2D eigenvalue weighted by Gasteiger charge is 2.25. The monoisotopic (exact) mass is 389 g/mol. The number of ether oxygens (including phenoxy) is 1. The van der Waals surface area contributed by atoms with Crippen LogP contribution in [0.5, 0.6) is 5.88 Å². The second kappa shape index (κ2) is 8.35.